The minimum absolute atomic E-state index is 0.345. The molecule has 2 heterocycles. The normalized spacial score (nSPS) is 10.4. The van der Waals surface area contributed by atoms with Gasteiger partial charge in [-0.2, -0.15) is 11.3 Å². The summed E-state index contributed by atoms with van der Waals surface area (Å²) in [5.74, 6) is 1.03. The molecule has 74 valence electrons. The molecular formula is C8H11N5S. The van der Waals surface area contributed by atoms with E-state index < -0.39 is 0 Å². The van der Waals surface area contributed by atoms with E-state index in [9.17, 15) is 0 Å². The van der Waals surface area contributed by atoms with Crippen molar-refractivity contribution in [1.29, 1.82) is 0 Å². The lowest BCUT2D eigenvalue weighted by molar-refractivity contribution is 0.874. The fraction of sp³-hybridized carbons (Fsp3) is 0.250. The number of H-pyrrole nitrogens is 1. The first-order valence-corrected chi connectivity index (χ1v) is 5.10. The molecule has 0 aliphatic carbocycles. The predicted octanol–water partition coefficient (Wildman–Crippen LogP) is 1.08. The molecule has 0 aliphatic rings. The van der Waals surface area contributed by atoms with Crippen molar-refractivity contribution in [3.63, 3.8) is 0 Å². The Kier molecular flexibility index (Phi) is 2.36. The molecule has 0 atom stereocenters. The first-order chi connectivity index (χ1) is 6.75. The maximum Gasteiger partial charge on any atom is 0.226 e. The number of aromatic amines is 1. The van der Waals surface area contributed by atoms with Crippen LogP contribution in [0.3, 0.4) is 0 Å². The van der Waals surface area contributed by atoms with Gasteiger partial charge >= 0.3 is 0 Å². The number of thiophene rings is 1. The summed E-state index contributed by atoms with van der Waals surface area (Å²) in [5.41, 5.74) is 6.69. The monoisotopic (exact) mass is 209 g/mol. The van der Waals surface area contributed by atoms with Gasteiger partial charge in [0.2, 0.25) is 11.9 Å². The van der Waals surface area contributed by atoms with E-state index in [1.807, 2.05) is 11.9 Å². The third-order valence-electron chi connectivity index (χ3n) is 1.85. The van der Waals surface area contributed by atoms with Gasteiger partial charge in [-0.1, -0.05) is 0 Å². The molecule has 3 N–H and O–H groups in total. The summed E-state index contributed by atoms with van der Waals surface area (Å²) >= 11 is 1.68. The molecule has 6 heteroatoms. The predicted molar refractivity (Wildman–Crippen MR) is 57.2 cm³/mol. The summed E-state index contributed by atoms with van der Waals surface area (Å²) in [6.07, 6.45) is 0. The molecule has 2 aromatic rings. The molecular weight excluding hydrogens is 198 g/mol. The highest BCUT2D eigenvalue weighted by Gasteiger charge is 2.06. The fourth-order valence-corrected chi connectivity index (χ4v) is 1.83. The molecule has 0 saturated carbocycles. The van der Waals surface area contributed by atoms with Crippen molar-refractivity contribution in [2.45, 2.75) is 6.54 Å². The van der Waals surface area contributed by atoms with Gasteiger partial charge in [-0.15, -0.1) is 10.2 Å². The average Bonchev–Trinajstić information content (AvgIpc) is 2.75. The molecule has 0 fully saturated rings. The molecule has 0 saturated heterocycles. The number of nitrogens with one attached hydrogen (secondary N) is 1. The van der Waals surface area contributed by atoms with Crippen LogP contribution >= 0.6 is 11.3 Å². The van der Waals surface area contributed by atoms with E-state index in [2.05, 4.69) is 32.0 Å². The summed E-state index contributed by atoms with van der Waals surface area (Å²) in [6, 6.07) is 2.08. The fourth-order valence-electron chi connectivity index (χ4n) is 1.17. The van der Waals surface area contributed by atoms with Crippen molar-refractivity contribution in [2.24, 2.45) is 0 Å². The van der Waals surface area contributed by atoms with Gasteiger partial charge in [-0.3, -0.25) is 4.98 Å². The molecule has 5 nitrogen and oxygen atoms in total. The van der Waals surface area contributed by atoms with Gasteiger partial charge in [-0.05, 0) is 22.4 Å². The quantitative estimate of drug-likeness (QED) is 0.793. The van der Waals surface area contributed by atoms with Crippen molar-refractivity contribution in [3.05, 3.63) is 22.4 Å². The molecule has 0 aliphatic heterocycles. The Morgan fingerprint density at radius 1 is 1.57 bits per heavy atom. The van der Waals surface area contributed by atoms with E-state index >= 15 is 0 Å². The average molecular weight is 209 g/mol. The van der Waals surface area contributed by atoms with Gasteiger partial charge in [0.25, 0.3) is 0 Å². The van der Waals surface area contributed by atoms with Crippen LogP contribution in [0.5, 0.6) is 0 Å². The summed E-state index contributed by atoms with van der Waals surface area (Å²) in [7, 11) is 1.94. The third kappa shape index (κ3) is 1.85. The highest BCUT2D eigenvalue weighted by atomic mass is 32.1. The van der Waals surface area contributed by atoms with Crippen LogP contribution in [0, 0.1) is 0 Å². The van der Waals surface area contributed by atoms with Gasteiger partial charge in [0.05, 0.1) is 0 Å². The number of nitrogens with two attached hydrogens (primary N) is 1. The molecule has 0 unspecified atom stereocenters. The van der Waals surface area contributed by atoms with Crippen molar-refractivity contribution in [1.82, 2.24) is 15.2 Å². The molecule has 0 bridgehead atoms. The van der Waals surface area contributed by atoms with Crippen LogP contribution in [0.2, 0.25) is 0 Å². The Hall–Kier alpha value is -1.56. The van der Waals surface area contributed by atoms with Crippen LogP contribution in [0.15, 0.2) is 16.8 Å². The molecule has 14 heavy (non-hydrogen) atoms. The van der Waals surface area contributed by atoms with E-state index in [1.54, 1.807) is 11.3 Å². The van der Waals surface area contributed by atoms with Crippen molar-refractivity contribution < 1.29 is 0 Å². The maximum absolute atomic E-state index is 5.44. The van der Waals surface area contributed by atoms with Crippen LogP contribution in [0.1, 0.15) is 5.56 Å². The third-order valence-corrected chi connectivity index (χ3v) is 2.59. The minimum atomic E-state index is 0.345. The second kappa shape index (κ2) is 3.67. The summed E-state index contributed by atoms with van der Waals surface area (Å²) in [6.45, 7) is 0.804. The Morgan fingerprint density at radius 2 is 2.43 bits per heavy atom. The highest BCUT2D eigenvalue weighted by molar-refractivity contribution is 7.07. The standard InChI is InChI=1S/C8H11N5S/c1-13(4-6-2-3-14-5-6)8-10-7(9)11-12-8/h2-3,5H,4H2,1H3,(H3,9,10,11,12). The van der Waals surface area contributed by atoms with Crippen molar-refractivity contribution in [2.75, 3.05) is 17.7 Å². The smallest absolute Gasteiger partial charge is 0.226 e. The first kappa shape index (κ1) is 9.01. The van der Waals surface area contributed by atoms with E-state index in [4.69, 9.17) is 5.73 Å². The second-order valence-electron chi connectivity index (χ2n) is 3.02. The van der Waals surface area contributed by atoms with Crippen molar-refractivity contribution in [3.8, 4) is 0 Å². The van der Waals surface area contributed by atoms with Crippen LogP contribution in [-0.4, -0.2) is 22.2 Å². The lowest BCUT2D eigenvalue weighted by atomic mass is 10.3. The Labute approximate surface area is 85.6 Å². The number of rotatable bonds is 3. The lowest BCUT2D eigenvalue weighted by Gasteiger charge is -2.13. The van der Waals surface area contributed by atoms with E-state index in [-0.39, 0.29) is 0 Å². The highest BCUT2D eigenvalue weighted by Crippen LogP contribution is 2.12. The van der Waals surface area contributed by atoms with Gasteiger partial charge in [0, 0.05) is 13.6 Å². The molecule has 2 aromatic heterocycles. The second-order valence-corrected chi connectivity index (χ2v) is 3.80. The molecule has 0 amide bonds. The number of nitrogen functional groups attached to an aromatic ring is 1. The minimum Gasteiger partial charge on any atom is -0.368 e. The van der Waals surface area contributed by atoms with E-state index in [0.29, 0.717) is 11.9 Å². The Balaban J connectivity index is 2.06. The van der Waals surface area contributed by atoms with E-state index in [0.717, 1.165) is 6.54 Å². The first-order valence-electron chi connectivity index (χ1n) is 4.16. The zero-order valence-electron chi connectivity index (χ0n) is 7.77. The van der Waals surface area contributed by atoms with Crippen molar-refractivity contribution >= 4 is 23.2 Å². The number of hydrogen-bond donors (Lipinski definition) is 2. The molecule has 2 rings (SSSR count). The zero-order valence-corrected chi connectivity index (χ0v) is 8.58. The Bertz CT molecular complexity index is 394. The summed E-state index contributed by atoms with van der Waals surface area (Å²) in [4.78, 5) is 4.84. The number of aromatic nitrogens is 3. The van der Waals surface area contributed by atoms with Crippen LogP contribution in [0.4, 0.5) is 11.9 Å². The van der Waals surface area contributed by atoms with E-state index in [1.165, 1.54) is 5.56 Å². The molecule has 0 spiro atoms. The molecule has 0 aromatic carbocycles. The lowest BCUT2D eigenvalue weighted by Crippen LogP contribution is -2.17. The van der Waals surface area contributed by atoms with Gasteiger partial charge < -0.3 is 10.6 Å². The number of hydrogen-bond acceptors (Lipinski definition) is 5. The Morgan fingerprint density at radius 3 is 3.00 bits per heavy atom. The SMILES string of the molecule is CN(Cc1ccsc1)c1nnc(N)[nH]1. The summed E-state index contributed by atoms with van der Waals surface area (Å²) < 4.78 is 0. The van der Waals surface area contributed by atoms with Gasteiger partial charge in [0.1, 0.15) is 0 Å². The maximum atomic E-state index is 5.44. The largest absolute Gasteiger partial charge is 0.368 e. The number of nitrogens with zero attached hydrogens (tertiary/aromatic N) is 3. The van der Waals surface area contributed by atoms with Crippen LogP contribution in [0.25, 0.3) is 0 Å². The van der Waals surface area contributed by atoms with Crippen LogP contribution in [-0.2, 0) is 6.54 Å². The van der Waals surface area contributed by atoms with Crippen LogP contribution < -0.4 is 10.6 Å². The van der Waals surface area contributed by atoms with Gasteiger partial charge in [0.15, 0.2) is 0 Å². The molecule has 0 radical (unpaired) electrons. The number of anilines is 2. The summed E-state index contributed by atoms with van der Waals surface area (Å²) in [5, 5.41) is 11.8. The van der Waals surface area contributed by atoms with Gasteiger partial charge in [-0.25, -0.2) is 0 Å². The topological polar surface area (TPSA) is 70.8 Å². The zero-order chi connectivity index (χ0) is 9.97.